The molecule has 0 aliphatic heterocycles. The summed E-state index contributed by atoms with van der Waals surface area (Å²) in [5.41, 5.74) is -0.523. The monoisotopic (exact) mass is 238 g/mol. The standard InChI is InChI=1S/C12H22N4O/c1-16-10-14-11(15-16)8-13-9-12(17)6-4-2-3-5-7-12/h10,13,17H,2-9H2,1H3. The Balaban J connectivity index is 1.76. The van der Waals surface area contributed by atoms with Gasteiger partial charge in [0.2, 0.25) is 0 Å². The van der Waals surface area contributed by atoms with E-state index in [1.54, 1.807) is 11.0 Å². The topological polar surface area (TPSA) is 63.0 Å². The van der Waals surface area contributed by atoms with Gasteiger partial charge in [-0.25, -0.2) is 4.98 Å². The SMILES string of the molecule is Cn1cnc(CNCC2(O)CCCCCC2)n1. The molecular weight excluding hydrogens is 216 g/mol. The zero-order chi connectivity index (χ0) is 12.1. The molecule has 0 saturated heterocycles. The minimum absolute atomic E-state index is 0.523. The molecule has 0 unspecified atom stereocenters. The highest BCUT2D eigenvalue weighted by Gasteiger charge is 2.27. The number of aryl methyl sites for hydroxylation is 1. The lowest BCUT2D eigenvalue weighted by Gasteiger charge is -2.26. The van der Waals surface area contributed by atoms with Crippen LogP contribution >= 0.6 is 0 Å². The van der Waals surface area contributed by atoms with Crippen LogP contribution in [0.25, 0.3) is 0 Å². The molecule has 1 heterocycles. The molecule has 0 atom stereocenters. The maximum absolute atomic E-state index is 10.4. The first-order valence-electron chi connectivity index (χ1n) is 6.46. The van der Waals surface area contributed by atoms with Gasteiger partial charge in [-0.05, 0) is 12.8 Å². The summed E-state index contributed by atoms with van der Waals surface area (Å²) >= 11 is 0. The van der Waals surface area contributed by atoms with Crippen LogP contribution in [0.3, 0.4) is 0 Å². The third kappa shape index (κ3) is 3.78. The van der Waals surface area contributed by atoms with E-state index in [1.807, 2.05) is 7.05 Å². The molecule has 0 spiro atoms. The van der Waals surface area contributed by atoms with Crippen LogP contribution in [0.15, 0.2) is 6.33 Å². The molecule has 5 nitrogen and oxygen atoms in total. The van der Waals surface area contributed by atoms with E-state index in [2.05, 4.69) is 15.4 Å². The number of rotatable bonds is 4. The number of nitrogens with one attached hydrogen (secondary N) is 1. The van der Waals surface area contributed by atoms with Gasteiger partial charge in [0.15, 0.2) is 5.82 Å². The zero-order valence-electron chi connectivity index (χ0n) is 10.5. The maximum atomic E-state index is 10.4. The second-order valence-electron chi connectivity index (χ2n) is 5.08. The normalized spacial score (nSPS) is 20.1. The Bertz CT molecular complexity index is 342. The summed E-state index contributed by atoms with van der Waals surface area (Å²) in [6.07, 6.45) is 8.30. The number of nitrogens with zero attached hydrogens (tertiary/aromatic N) is 3. The number of aliphatic hydroxyl groups is 1. The van der Waals surface area contributed by atoms with Gasteiger partial charge in [-0.3, -0.25) is 4.68 Å². The van der Waals surface area contributed by atoms with Gasteiger partial charge in [-0.15, -0.1) is 0 Å². The highest BCUT2D eigenvalue weighted by Crippen LogP contribution is 2.26. The van der Waals surface area contributed by atoms with Gasteiger partial charge >= 0.3 is 0 Å². The van der Waals surface area contributed by atoms with Crippen molar-refractivity contribution >= 4 is 0 Å². The molecule has 1 aromatic heterocycles. The van der Waals surface area contributed by atoms with Crippen molar-refractivity contribution in [2.75, 3.05) is 6.54 Å². The summed E-state index contributed by atoms with van der Waals surface area (Å²) in [6, 6.07) is 0. The van der Waals surface area contributed by atoms with Crippen molar-refractivity contribution in [1.82, 2.24) is 20.1 Å². The van der Waals surface area contributed by atoms with Gasteiger partial charge in [-0.1, -0.05) is 25.7 Å². The largest absolute Gasteiger partial charge is 0.389 e. The average molecular weight is 238 g/mol. The van der Waals surface area contributed by atoms with Gasteiger partial charge in [0.25, 0.3) is 0 Å². The van der Waals surface area contributed by atoms with E-state index in [4.69, 9.17) is 0 Å². The van der Waals surface area contributed by atoms with Gasteiger partial charge in [-0.2, -0.15) is 5.10 Å². The Hall–Kier alpha value is -0.940. The lowest BCUT2D eigenvalue weighted by molar-refractivity contribution is 0.0249. The van der Waals surface area contributed by atoms with Gasteiger partial charge in [0.1, 0.15) is 6.33 Å². The van der Waals surface area contributed by atoms with Crippen LogP contribution in [-0.2, 0) is 13.6 Å². The van der Waals surface area contributed by atoms with Gasteiger partial charge < -0.3 is 10.4 Å². The first kappa shape index (κ1) is 12.5. The lowest BCUT2D eigenvalue weighted by Crippen LogP contribution is -2.40. The molecule has 1 aliphatic carbocycles. The summed E-state index contributed by atoms with van der Waals surface area (Å²) < 4.78 is 1.69. The van der Waals surface area contributed by atoms with Crippen molar-refractivity contribution in [3.63, 3.8) is 0 Å². The van der Waals surface area contributed by atoms with E-state index in [9.17, 15) is 5.11 Å². The van der Waals surface area contributed by atoms with Crippen LogP contribution < -0.4 is 5.32 Å². The molecule has 0 bridgehead atoms. The molecule has 17 heavy (non-hydrogen) atoms. The highest BCUT2D eigenvalue weighted by atomic mass is 16.3. The van der Waals surface area contributed by atoms with Crippen molar-refractivity contribution in [2.45, 2.75) is 50.7 Å². The Kier molecular flexibility index (Phi) is 4.12. The second kappa shape index (κ2) is 5.60. The quantitative estimate of drug-likeness (QED) is 0.768. The first-order chi connectivity index (χ1) is 8.18. The van der Waals surface area contributed by atoms with E-state index in [-0.39, 0.29) is 0 Å². The fraction of sp³-hybridized carbons (Fsp3) is 0.833. The van der Waals surface area contributed by atoms with Crippen molar-refractivity contribution < 1.29 is 5.11 Å². The molecule has 96 valence electrons. The minimum atomic E-state index is -0.523. The zero-order valence-corrected chi connectivity index (χ0v) is 10.5. The number of hydrogen-bond acceptors (Lipinski definition) is 4. The molecule has 1 saturated carbocycles. The predicted octanol–water partition coefficient (Wildman–Crippen LogP) is 0.990. The van der Waals surface area contributed by atoms with Crippen molar-refractivity contribution in [3.05, 3.63) is 12.2 Å². The van der Waals surface area contributed by atoms with Crippen LogP contribution in [0.5, 0.6) is 0 Å². The van der Waals surface area contributed by atoms with Crippen LogP contribution in [-0.4, -0.2) is 32.0 Å². The van der Waals surface area contributed by atoms with Crippen LogP contribution in [0.1, 0.15) is 44.3 Å². The molecule has 1 fully saturated rings. The molecule has 1 aliphatic rings. The van der Waals surface area contributed by atoms with Crippen molar-refractivity contribution in [3.8, 4) is 0 Å². The van der Waals surface area contributed by atoms with E-state index < -0.39 is 5.60 Å². The van der Waals surface area contributed by atoms with Crippen molar-refractivity contribution in [2.24, 2.45) is 7.05 Å². The smallest absolute Gasteiger partial charge is 0.164 e. The van der Waals surface area contributed by atoms with Crippen molar-refractivity contribution in [1.29, 1.82) is 0 Å². The van der Waals surface area contributed by atoms with Gasteiger partial charge in [0, 0.05) is 13.6 Å². The highest BCUT2D eigenvalue weighted by molar-refractivity contribution is 4.86. The molecule has 5 heteroatoms. The van der Waals surface area contributed by atoms with Crippen LogP contribution in [0, 0.1) is 0 Å². The Labute approximate surface area is 102 Å². The fourth-order valence-electron chi connectivity index (χ4n) is 2.44. The summed E-state index contributed by atoms with van der Waals surface area (Å²) in [7, 11) is 1.86. The number of aromatic nitrogens is 3. The summed E-state index contributed by atoms with van der Waals surface area (Å²) in [4.78, 5) is 4.15. The molecule has 0 amide bonds. The van der Waals surface area contributed by atoms with E-state index in [1.165, 1.54) is 12.8 Å². The van der Waals surface area contributed by atoms with Gasteiger partial charge in [0.05, 0.1) is 12.1 Å². The fourth-order valence-corrected chi connectivity index (χ4v) is 2.44. The molecule has 1 aromatic rings. The van der Waals surface area contributed by atoms with Crippen LogP contribution in [0.2, 0.25) is 0 Å². The lowest BCUT2D eigenvalue weighted by atomic mass is 9.94. The molecule has 2 N–H and O–H groups in total. The molecule has 2 rings (SSSR count). The van der Waals surface area contributed by atoms with Crippen LogP contribution in [0.4, 0.5) is 0 Å². The Morgan fingerprint density at radius 1 is 1.35 bits per heavy atom. The first-order valence-corrected chi connectivity index (χ1v) is 6.46. The summed E-state index contributed by atoms with van der Waals surface area (Å²) in [6.45, 7) is 1.27. The third-order valence-electron chi connectivity index (χ3n) is 3.42. The summed E-state index contributed by atoms with van der Waals surface area (Å²) in [5, 5.41) is 17.9. The Morgan fingerprint density at radius 2 is 2.06 bits per heavy atom. The average Bonchev–Trinajstić information content (AvgIpc) is 2.58. The summed E-state index contributed by atoms with van der Waals surface area (Å²) in [5.74, 6) is 0.782. The van der Waals surface area contributed by atoms with E-state index in [0.29, 0.717) is 13.1 Å². The molecule has 0 aromatic carbocycles. The third-order valence-corrected chi connectivity index (χ3v) is 3.42. The second-order valence-corrected chi connectivity index (χ2v) is 5.08. The van der Waals surface area contributed by atoms with E-state index >= 15 is 0 Å². The molecular formula is C12H22N4O. The van der Waals surface area contributed by atoms with E-state index in [0.717, 1.165) is 31.5 Å². The Morgan fingerprint density at radius 3 is 2.65 bits per heavy atom. The minimum Gasteiger partial charge on any atom is -0.389 e. The number of hydrogen-bond donors (Lipinski definition) is 2. The predicted molar refractivity (Wildman–Crippen MR) is 65.4 cm³/mol. The molecule has 0 radical (unpaired) electrons. The maximum Gasteiger partial charge on any atom is 0.164 e.